The summed E-state index contributed by atoms with van der Waals surface area (Å²) in [6.07, 6.45) is 0. The minimum atomic E-state index is 0.833. The van der Waals surface area contributed by atoms with Crippen LogP contribution in [-0.4, -0.2) is 16.3 Å². The third kappa shape index (κ3) is 7.86. The van der Waals surface area contributed by atoms with Crippen LogP contribution in [-0.2, 0) is 5.28 Å². The third-order valence-electron chi connectivity index (χ3n) is 1.25. The molecule has 0 aliphatic rings. The van der Waals surface area contributed by atoms with Gasteiger partial charge in [0, 0.05) is 0 Å². The van der Waals surface area contributed by atoms with Gasteiger partial charge in [-0.1, -0.05) is 61.9 Å². The van der Waals surface area contributed by atoms with Crippen molar-refractivity contribution in [3.63, 3.8) is 0 Å². The molecule has 0 nitrogen and oxygen atoms in total. The second kappa shape index (κ2) is 7.40. The molecule has 1 rings (SSSR count). The van der Waals surface area contributed by atoms with Gasteiger partial charge in [-0.3, -0.25) is 0 Å². The molecule has 1 aromatic carbocycles. The molecule has 0 atom stereocenters. The molecular formula is C11H19Al. The van der Waals surface area contributed by atoms with Crippen molar-refractivity contribution in [2.45, 2.75) is 26.1 Å². The van der Waals surface area contributed by atoms with E-state index in [1.165, 1.54) is 27.1 Å². The summed E-state index contributed by atoms with van der Waals surface area (Å²) in [4.78, 5) is 0. The number of hydrogen-bond donors (Lipinski definition) is 0. The largest absolute Gasteiger partial charge is 0.218 e. The molecule has 0 fully saturated rings. The maximum Gasteiger partial charge on any atom is 0.218 e. The fraction of sp³-hybridized carbons (Fsp3) is 0.455. The monoisotopic (exact) mass is 178 g/mol. The fourth-order valence-electron chi connectivity index (χ4n) is 0.714. The molecule has 12 heavy (non-hydrogen) atoms. The van der Waals surface area contributed by atoms with Crippen molar-refractivity contribution in [3.05, 3.63) is 35.9 Å². The molecule has 0 saturated heterocycles. The lowest BCUT2D eigenvalue weighted by atomic mass is 10.2. The van der Waals surface area contributed by atoms with Gasteiger partial charge in [-0.15, -0.1) is 0 Å². The summed E-state index contributed by atoms with van der Waals surface area (Å²) < 4.78 is 0. The van der Waals surface area contributed by atoms with Gasteiger partial charge in [0.05, 0.1) is 0 Å². The Morgan fingerprint density at radius 2 is 1.50 bits per heavy atom. The molecule has 0 aromatic heterocycles. The highest BCUT2D eigenvalue weighted by Gasteiger charge is 1.80. The zero-order valence-corrected chi connectivity index (χ0v) is 10.7. The molecule has 0 spiro atoms. The van der Waals surface area contributed by atoms with Crippen LogP contribution in [0.3, 0.4) is 0 Å². The van der Waals surface area contributed by atoms with Gasteiger partial charge < -0.3 is 0 Å². The zero-order chi connectivity index (χ0) is 9.40. The van der Waals surface area contributed by atoms with E-state index in [0.29, 0.717) is 0 Å². The molecule has 0 heterocycles. The van der Waals surface area contributed by atoms with Crippen molar-refractivity contribution in [3.8, 4) is 0 Å². The lowest BCUT2D eigenvalue weighted by molar-refractivity contribution is 0.737. The zero-order valence-electron chi connectivity index (χ0n) is 8.67. The standard InChI is InChI=1S/C7H7.C4H10.Al.2H/c1-7-5-3-2-4-6-7;1-4(2)3;;;/h2-6H,1H2;4H,1-3H3;;;. The van der Waals surface area contributed by atoms with Crippen molar-refractivity contribution in [2.75, 3.05) is 0 Å². The van der Waals surface area contributed by atoms with E-state index in [-0.39, 0.29) is 0 Å². The van der Waals surface area contributed by atoms with E-state index in [1.54, 1.807) is 0 Å². The van der Waals surface area contributed by atoms with E-state index in [0.717, 1.165) is 5.92 Å². The first kappa shape index (κ1) is 11.8. The van der Waals surface area contributed by atoms with E-state index < -0.39 is 0 Å². The smallest absolute Gasteiger partial charge is 0.0775 e. The summed E-state index contributed by atoms with van der Waals surface area (Å²) in [6, 6.07) is 10.6. The van der Waals surface area contributed by atoms with Crippen LogP contribution in [0.5, 0.6) is 0 Å². The van der Waals surface area contributed by atoms with Gasteiger partial charge in [0.15, 0.2) is 0 Å². The van der Waals surface area contributed by atoms with Crippen molar-refractivity contribution in [2.24, 2.45) is 5.92 Å². The quantitative estimate of drug-likeness (QED) is 0.579. The van der Waals surface area contributed by atoms with Crippen molar-refractivity contribution < 1.29 is 0 Å². The Hall–Kier alpha value is -0.248. The van der Waals surface area contributed by atoms with Crippen molar-refractivity contribution >= 4 is 16.3 Å². The van der Waals surface area contributed by atoms with E-state index >= 15 is 0 Å². The number of hydrogen-bond acceptors (Lipinski definition) is 0. The Labute approximate surface area is 84.4 Å². The van der Waals surface area contributed by atoms with Gasteiger partial charge in [0.25, 0.3) is 0 Å². The summed E-state index contributed by atoms with van der Waals surface area (Å²) in [5, 5.41) is 1.28. The van der Waals surface area contributed by atoms with Gasteiger partial charge in [-0.2, -0.15) is 0 Å². The third-order valence-corrected chi connectivity index (χ3v) is 2.07. The summed E-state index contributed by atoms with van der Waals surface area (Å²) >= 11 is 1.28. The lowest BCUT2D eigenvalue weighted by Gasteiger charge is -1.89. The first-order valence-electron chi connectivity index (χ1n) is 4.70. The SMILES string of the molecule is CC(C)C.[AlH2][CH2]c1ccccc1. The Kier molecular flexibility index (Phi) is 7.25. The molecule has 1 heteroatoms. The predicted octanol–water partition coefficient (Wildman–Crippen LogP) is 2.48. The Morgan fingerprint density at radius 3 is 1.75 bits per heavy atom. The van der Waals surface area contributed by atoms with Crippen LogP contribution in [0.1, 0.15) is 26.3 Å². The van der Waals surface area contributed by atoms with Crippen LogP contribution >= 0.6 is 0 Å². The van der Waals surface area contributed by atoms with E-state index in [2.05, 4.69) is 51.1 Å². The Bertz CT molecular complexity index is 177. The van der Waals surface area contributed by atoms with Gasteiger partial charge in [-0.05, 0) is 5.92 Å². The van der Waals surface area contributed by atoms with E-state index in [1.807, 2.05) is 0 Å². The number of rotatable bonds is 1. The molecule has 0 aliphatic heterocycles. The molecule has 66 valence electrons. The highest BCUT2D eigenvalue weighted by molar-refractivity contribution is 6.08. The minimum absolute atomic E-state index is 0.833. The summed E-state index contributed by atoms with van der Waals surface area (Å²) in [6.45, 7) is 6.50. The molecular weight excluding hydrogens is 159 g/mol. The van der Waals surface area contributed by atoms with Crippen molar-refractivity contribution in [1.29, 1.82) is 0 Å². The molecule has 0 saturated carbocycles. The van der Waals surface area contributed by atoms with Crippen LogP contribution in [0.25, 0.3) is 0 Å². The van der Waals surface area contributed by atoms with E-state index in [4.69, 9.17) is 0 Å². The number of benzene rings is 1. The summed E-state index contributed by atoms with van der Waals surface area (Å²) in [7, 11) is 0. The second-order valence-electron chi connectivity index (χ2n) is 3.57. The van der Waals surface area contributed by atoms with Gasteiger partial charge >= 0.3 is 0 Å². The molecule has 0 amide bonds. The van der Waals surface area contributed by atoms with Crippen LogP contribution in [0, 0.1) is 5.92 Å². The normalized spacial score (nSPS) is 9.00. The second-order valence-corrected chi connectivity index (χ2v) is 4.28. The highest BCUT2D eigenvalue weighted by atomic mass is 27.0. The van der Waals surface area contributed by atoms with Crippen LogP contribution in [0.2, 0.25) is 0 Å². The molecule has 0 aliphatic carbocycles. The van der Waals surface area contributed by atoms with Gasteiger partial charge in [0.1, 0.15) is 0 Å². The maximum atomic E-state index is 2.17. The minimum Gasteiger partial charge on any atom is -0.0775 e. The fourth-order valence-corrected chi connectivity index (χ4v) is 1.19. The van der Waals surface area contributed by atoms with E-state index in [9.17, 15) is 0 Å². The van der Waals surface area contributed by atoms with Crippen LogP contribution in [0.4, 0.5) is 0 Å². The van der Waals surface area contributed by atoms with Gasteiger partial charge in [0.2, 0.25) is 16.3 Å². The predicted molar refractivity (Wildman–Crippen MR) is 59.2 cm³/mol. The average Bonchev–Trinajstić information content (AvgIpc) is 2.05. The Balaban J connectivity index is 0.000000261. The Morgan fingerprint density at radius 1 is 1.08 bits per heavy atom. The topological polar surface area (TPSA) is 0 Å². The molecule has 0 N–H and O–H groups in total. The first-order valence-corrected chi connectivity index (χ1v) is 6.12. The van der Waals surface area contributed by atoms with Crippen LogP contribution in [0.15, 0.2) is 30.3 Å². The molecule has 0 radical (unpaired) electrons. The first-order chi connectivity index (χ1) is 5.66. The average molecular weight is 178 g/mol. The van der Waals surface area contributed by atoms with Gasteiger partial charge in [-0.25, -0.2) is 0 Å². The maximum absolute atomic E-state index is 2.17. The molecule has 0 unspecified atom stereocenters. The lowest BCUT2D eigenvalue weighted by Crippen LogP contribution is -1.78. The molecule has 0 bridgehead atoms. The molecule has 1 aromatic rings. The summed E-state index contributed by atoms with van der Waals surface area (Å²) in [5.41, 5.74) is 1.47. The highest BCUT2D eigenvalue weighted by Crippen LogP contribution is 1.95. The van der Waals surface area contributed by atoms with Crippen LogP contribution < -0.4 is 0 Å². The van der Waals surface area contributed by atoms with Crippen molar-refractivity contribution in [1.82, 2.24) is 0 Å². The summed E-state index contributed by atoms with van der Waals surface area (Å²) in [5.74, 6) is 0.833.